The average molecular weight is 651 g/mol. The van der Waals surface area contributed by atoms with Gasteiger partial charge >= 0.3 is 0 Å². The molecule has 0 saturated carbocycles. The average Bonchev–Trinajstić information content (AvgIpc) is 3.10. The van der Waals surface area contributed by atoms with Crippen molar-refractivity contribution < 1.29 is 23.9 Å². The fourth-order valence-corrected chi connectivity index (χ4v) is 4.86. The highest BCUT2D eigenvalue weighted by atomic mass is 16.5. The van der Waals surface area contributed by atoms with E-state index in [0.717, 1.165) is 33.4 Å². The summed E-state index contributed by atoms with van der Waals surface area (Å²) in [6.45, 7) is 6.97. The third kappa shape index (κ3) is 8.93. The molecule has 4 aromatic heterocycles. The van der Waals surface area contributed by atoms with Crippen molar-refractivity contribution in [3.8, 4) is 45.5 Å². The molecule has 4 heterocycles. The normalized spacial score (nSPS) is 10.4. The molecule has 244 valence electrons. The first-order valence-electron chi connectivity index (χ1n) is 15.5. The second-order valence-electron chi connectivity index (χ2n) is 11.2. The van der Waals surface area contributed by atoms with Crippen LogP contribution in [0.15, 0.2) is 122 Å². The van der Waals surface area contributed by atoms with Crippen LogP contribution in [0.3, 0.4) is 0 Å². The van der Waals surface area contributed by atoms with Gasteiger partial charge < -0.3 is 9.47 Å². The lowest BCUT2D eigenvalue weighted by Gasteiger charge is -2.11. The molecule has 6 rings (SSSR count). The van der Waals surface area contributed by atoms with Crippen LogP contribution in [-0.2, 0) is 4.79 Å². The van der Waals surface area contributed by atoms with E-state index in [-0.39, 0.29) is 23.8 Å². The summed E-state index contributed by atoms with van der Waals surface area (Å²) in [7, 11) is 0. The van der Waals surface area contributed by atoms with Gasteiger partial charge in [-0.2, -0.15) is 0 Å². The van der Waals surface area contributed by atoms with E-state index >= 15 is 0 Å². The minimum absolute atomic E-state index is 0.0288. The van der Waals surface area contributed by atoms with E-state index in [9.17, 15) is 14.4 Å². The summed E-state index contributed by atoms with van der Waals surface area (Å²) in [6.07, 6.45) is 10.3. The summed E-state index contributed by atoms with van der Waals surface area (Å²) in [5.74, 6) is 1.85. The Morgan fingerprint density at radius 1 is 0.551 bits per heavy atom. The summed E-state index contributed by atoms with van der Waals surface area (Å²) < 4.78 is 11.8. The zero-order valence-electron chi connectivity index (χ0n) is 27.6. The molecule has 0 aliphatic heterocycles. The van der Waals surface area contributed by atoms with Gasteiger partial charge in [-0.25, -0.2) is 9.97 Å². The Bertz CT molecular complexity index is 2090. The van der Waals surface area contributed by atoms with Gasteiger partial charge in [0.2, 0.25) is 11.8 Å². The molecule has 0 atom stereocenters. The number of ketones is 3. The fourth-order valence-electron chi connectivity index (χ4n) is 4.86. The molecule has 9 heteroatoms. The molecule has 0 N–H and O–H groups in total. The first-order chi connectivity index (χ1) is 23.7. The van der Waals surface area contributed by atoms with Crippen molar-refractivity contribution in [2.45, 2.75) is 34.1 Å². The Balaban J connectivity index is 0.000000192. The summed E-state index contributed by atoms with van der Waals surface area (Å²) in [5, 5.41) is 0. The summed E-state index contributed by atoms with van der Waals surface area (Å²) in [4.78, 5) is 51.3. The van der Waals surface area contributed by atoms with Crippen LogP contribution in [0.2, 0.25) is 0 Å². The van der Waals surface area contributed by atoms with Crippen molar-refractivity contribution in [3.63, 3.8) is 0 Å². The van der Waals surface area contributed by atoms with E-state index in [1.54, 1.807) is 85.7 Å². The highest BCUT2D eigenvalue weighted by Crippen LogP contribution is 2.34. The highest BCUT2D eigenvalue weighted by Gasteiger charge is 2.13. The number of ether oxygens (including phenoxy) is 2. The standard InChI is InChI=1S/C21H18N2O3.C19H16N2O2/c1-14-9-11-22-13-19(14)18-4-3-10-23-21(18)26-17-7-5-16(6-8-17)20(25)12-15(2)24;1-13-9-11-20-12-18(13)17-4-3-10-21-19(17)23-16-7-5-15(6-8-16)14(2)22/h3-11,13H,12H2,1-2H3;3-12H,1-2H3. The van der Waals surface area contributed by atoms with E-state index in [0.29, 0.717) is 34.4 Å². The number of aryl methyl sites for hydroxylation is 2. The van der Waals surface area contributed by atoms with E-state index in [1.807, 2.05) is 50.2 Å². The van der Waals surface area contributed by atoms with Crippen LogP contribution >= 0.6 is 0 Å². The van der Waals surface area contributed by atoms with Crippen LogP contribution in [0.5, 0.6) is 23.3 Å². The van der Waals surface area contributed by atoms with Crippen LogP contribution in [0.1, 0.15) is 52.1 Å². The predicted molar refractivity (Wildman–Crippen MR) is 187 cm³/mol. The smallest absolute Gasteiger partial charge is 0.227 e. The summed E-state index contributed by atoms with van der Waals surface area (Å²) in [5.41, 5.74) is 6.97. The Morgan fingerprint density at radius 3 is 1.41 bits per heavy atom. The molecule has 0 aliphatic carbocycles. The molecule has 49 heavy (non-hydrogen) atoms. The number of carbonyl (C=O) groups excluding carboxylic acids is 3. The van der Waals surface area contributed by atoms with Gasteiger partial charge in [0, 0.05) is 70.6 Å². The van der Waals surface area contributed by atoms with Crippen molar-refractivity contribution in [1.82, 2.24) is 19.9 Å². The van der Waals surface area contributed by atoms with Gasteiger partial charge in [0.1, 0.15) is 17.3 Å². The predicted octanol–water partition coefficient (Wildman–Crippen LogP) is 8.85. The van der Waals surface area contributed by atoms with E-state index in [2.05, 4.69) is 19.9 Å². The monoisotopic (exact) mass is 650 g/mol. The lowest BCUT2D eigenvalue weighted by molar-refractivity contribution is -0.116. The number of rotatable bonds is 10. The van der Waals surface area contributed by atoms with Crippen LogP contribution in [0.4, 0.5) is 0 Å². The quantitative estimate of drug-likeness (QED) is 0.106. The number of hydrogen-bond acceptors (Lipinski definition) is 9. The van der Waals surface area contributed by atoms with Gasteiger partial charge in [-0.3, -0.25) is 24.4 Å². The second kappa shape index (κ2) is 16.0. The fraction of sp³-hybridized carbons (Fsp3) is 0.125. The highest BCUT2D eigenvalue weighted by molar-refractivity contribution is 6.07. The van der Waals surface area contributed by atoms with E-state index in [4.69, 9.17) is 9.47 Å². The van der Waals surface area contributed by atoms with Gasteiger partial charge in [0.05, 0.1) is 6.42 Å². The van der Waals surface area contributed by atoms with Gasteiger partial charge in [-0.15, -0.1) is 0 Å². The molecule has 0 spiro atoms. The number of aromatic nitrogens is 4. The maximum absolute atomic E-state index is 11.9. The zero-order chi connectivity index (χ0) is 34.8. The topological polar surface area (TPSA) is 121 Å². The molecule has 0 saturated heterocycles. The molecule has 0 bridgehead atoms. The lowest BCUT2D eigenvalue weighted by Crippen LogP contribution is -2.04. The van der Waals surface area contributed by atoms with Gasteiger partial charge in [-0.05, 0) is 124 Å². The number of nitrogens with zero attached hydrogens (tertiary/aromatic N) is 4. The lowest BCUT2D eigenvalue weighted by atomic mass is 10.0. The van der Waals surface area contributed by atoms with Crippen LogP contribution in [-0.4, -0.2) is 37.3 Å². The second-order valence-corrected chi connectivity index (χ2v) is 11.2. The molecule has 0 radical (unpaired) electrons. The first-order valence-corrected chi connectivity index (χ1v) is 15.5. The van der Waals surface area contributed by atoms with E-state index in [1.165, 1.54) is 13.8 Å². The molecule has 0 unspecified atom stereocenters. The minimum atomic E-state index is -0.200. The number of benzene rings is 2. The minimum Gasteiger partial charge on any atom is -0.438 e. The SMILES string of the molecule is CC(=O)CC(=O)c1ccc(Oc2ncccc2-c2cnccc2C)cc1.CC(=O)c1ccc(Oc2ncccc2-c2cnccc2C)cc1. The molecule has 6 aromatic rings. The number of pyridine rings is 4. The molecular weight excluding hydrogens is 616 g/mol. The van der Waals surface area contributed by atoms with Crippen molar-refractivity contribution >= 4 is 17.3 Å². The zero-order valence-corrected chi connectivity index (χ0v) is 27.6. The molecule has 0 aliphatic rings. The van der Waals surface area contributed by atoms with Crippen molar-refractivity contribution in [2.24, 2.45) is 0 Å². The van der Waals surface area contributed by atoms with Crippen LogP contribution < -0.4 is 9.47 Å². The van der Waals surface area contributed by atoms with Crippen LogP contribution in [0.25, 0.3) is 22.3 Å². The Morgan fingerprint density at radius 2 is 1.00 bits per heavy atom. The van der Waals surface area contributed by atoms with Gasteiger partial charge in [-0.1, -0.05) is 0 Å². The maximum Gasteiger partial charge on any atom is 0.227 e. The Kier molecular flexibility index (Phi) is 11.1. The first kappa shape index (κ1) is 34.0. The summed E-state index contributed by atoms with van der Waals surface area (Å²) in [6, 6.07) is 25.2. The van der Waals surface area contributed by atoms with Gasteiger partial charge in [0.25, 0.3) is 0 Å². The Hall–Kier alpha value is -6.35. The largest absolute Gasteiger partial charge is 0.438 e. The molecular formula is C40H34N4O5. The molecule has 0 fully saturated rings. The van der Waals surface area contributed by atoms with E-state index < -0.39 is 0 Å². The van der Waals surface area contributed by atoms with Crippen molar-refractivity contribution in [1.29, 1.82) is 0 Å². The number of Topliss-reactive ketones (excluding diaryl/α,β-unsaturated/α-hetero) is 3. The number of hydrogen-bond donors (Lipinski definition) is 0. The van der Waals surface area contributed by atoms with Gasteiger partial charge in [0.15, 0.2) is 11.6 Å². The summed E-state index contributed by atoms with van der Waals surface area (Å²) >= 11 is 0. The van der Waals surface area contributed by atoms with Crippen molar-refractivity contribution in [3.05, 3.63) is 144 Å². The third-order valence-corrected chi connectivity index (χ3v) is 7.48. The molecule has 0 amide bonds. The molecule has 9 nitrogen and oxygen atoms in total. The van der Waals surface area contributed by atoms with Crippen molar-refractivity contribution in [2.75, 3.05) is 0 Å². The third-order valence-electron chi connectivity index (χ3n) is 7.48. The molecule has 2 aromatic carbocycles. The maximum atomic E-state index is 11.9. The Labute approximate surface area is 284 Å². The number of carbonyl (C=O) groups is 3. The van der Waals surface area contributed by atoms with Crippen LogP contribution in [0, 0.1) is 13.8 Å².